The third kappa shape index (κ3) is 4.36. The monoisotopic (exact) mass is 429 g/mol. The van der Waals surface area contributed by atoms with Crippen molar-refractivity contribution in [3.8, 4) is 11.5 Å². The molecule has 9 nitrogen and oxygen atoms in total. The molecular weight excluding hydrogens is 402 g/mol. The van der Waals surface area contributed by atoms with Gasteiger partial charge in [-0.1, -0.05) is 5.16 Å². The summed E-state index contributed by atoms with van der Waals surface area (Å²) in [5.74, 6) is 0.823. The van der Waals surface area contributed by atoms with Crippen molar-refractivity contribution in [3.05, 3.63) is 41.8 Å². The number of ether oxygens (including phenoxy) is 2. The Labute approximate surface area is 180 Å². The number of nitrogens with zero attached hydrogens (tertiary/aromatic N) is 3. The molecule has 9 heteroatoms. The predicted molar refractivity (Wildman–Crippen MR) is 110 cm³/mol. The summed E-state index contributed by atoms with van der Waals surface area (Å²) in [7, 11) is 1.59. The normalized spacial score (nSPS) is 21.5. The first-order chi connectivity index (χ1) is 14.8. The van der Waals surface area contributed by atoms with Gasteiger partial charge in [-0.15, -0.1) is 0 Å². The lowest BCUT2D eigenvalue weighted by atomic mass is 9.87. The van der Waals surface area contributed by atoms with Gasteiger partial charge in [0.2, 0.25) is 11.7 Å². The fraction of sp³-hybridized carbons (Fsp3) is 0.500. The van der Waals surface area contributed by atoms with E-state index in [0.29, 0.717) is 24.7 Å². The molecule has 2 aromatic rings. The standard InChI is InChI=1S/C22H27N3O6/c1-22(2,28)13-24-11-14-12-30-18-10-15(29-3)4-5-16(18)20(14)25(9-7-19(24)26)21(27)17-6-8-23-31-17/h4-6,8,10,14,20,28H,7,9,11-13H2,1-3H3/t14-,20-/m0/s1. The highest BCUT2D eigenvalue weighted by molar-refractivity contribution is 5.92. The number of hydrogen-bond donors (Lipinski definition) is 1. The van der Waals surface area contributed by atoms with Crippen LogP contribution in [0, 0.1) is 5.92 Å². The first-order valence-electron chi connectivity index (χ1n) is 10.3. The van der Waals surface area contributed by atoms with Gasteiger partial charge in [-0.3, -0.25) is 9.59 Å². The van der Waals surface area contributed by atoms with E-state index in [1.54, 1.807) is 36.8 Å². The lowest BCUT2D eigenvalue weighted by molar-refractivity contribution is -0.137. The summed E-state index contributed by atoms with van der Waals surface area (Å²) in [5.41, 5.74) is -0.178. The van der Waals surface area contributed by atoms with Crippen molar-refractivity contribution in [2.24, 2.45) is 5.92 Å². The Hall–Kier alpha value is -3.07. The number of methoxy groups -OCH3 is 1. The summed E-state index contributed by atoms with van der Waals surface area (Å²) in [5, 5.41) is 14.0. The van der Waals surface area contributed by atoms with Crippen LogP contribution in [0.2, 0.25) is 0 Å². The number of rotatable bonds is 4. The minimum atomic E-state index is -1.03. The topological polar surface area (TPSA) is 105 Å². The quantitative estimate of drug-likeness (QED) is 0.791. The third-order valence-electron chi connectivity index (χ3n) is 5.64. The van der Waals surface area contributed by atoms with Gasteiger partial charge < -0.3 is 28.9 Å². The molecule has 0 saturated carbocycles. The fourth-order valence-corrected chi connectivity index (χ4v) is 4.34. The van der Waals surface area contributed by atoms with E-state index >= 15 is 0 Å². The fourth-order valence-electron chi connectivity index (χ4n) is 4.34. The van der Waals surface area contributed by atoms with Gasteiger partial charge in [0.1, 0.15) is 11.5 Å². The number of benzene rings is 1. The molecule has 1 aromatic carbocycles. The predicted octanol–water partition coefficient (Wildman–Crippen LogP) is 1.88. The lowest BCUT2D eigenvalue weighted by Crippen LogP contribution is -2.53. The van der Waals surface area contributed by atoms with Crippen LogP contribution < -0.4 is 9.47 Å². The van der Waals surface area contributed by atoms with Gasteiger partial charge in [-0.2, -0.15) is 0 Å². The lowest BCUT2D eigenvalue weighted by Gasteiger charge is -2.45. The molecule has 0 spiro atoms. The molecule has 1 aromatic heterocycles. The molecule has 2 amide bonds. The zero-order valence-electron chi connectivity index (χ0n) is 17.9. The van der Waals surface area contributed by atoms with Crippen LogP contribution >= 0.6 is 0 Å². The minimum absolute atomic E-state index is 0.114. The van der Waals surface area contributed by atoms with Crippen molar-refractivity contribution >= 4 is 11.8 Å². The van der Waals surface area contributed by atoms with E-state index in [0.717, 1.165) is 5.56 Å². The first-order valence-corrected chi connectivity index (χ1v) is 10.3. The molecule has 1 N–H and O–H groups in total. The Morgan fingerprint density at radius 3 is 2.84 bits per heavy atom. The number of β-amino-alcohol motifs (C(OH)–C–C–N with tert-alkyl or cyclic N) is 1. The molecule has 0 aliphatic carbocycles. The van der Waals surface area contributed by atoms with Crippen LogP contribution in [-0.2, 0) is 4.79 Å². The van der Waals surface area contributed by atoms with Crippen molar-refractivity contribution < 1.29 is 28.7 Å². The van der Waals surface area contributed by atoms with Crippen LogP contribution in [0.15, 0.2) is 35.0 Å². The van der Waals surface area contributed by atoms with Gasteiger partial charge in [0, 0.05) is 49.7 Å². The Kier molecular flexibility index (Phi) is 5.62. The van der Waals surface area contributed by atoms with Gasteiger partial charge in [-0.05, 0) is 26.0 Å². The number of aliphatic hydroxyl groups is 1. The second-order valence-corrected chi connectivity index (χ2v) is 8.63. The third-order valence-corrected chi connectivity index (χ3v) is 5.64. The van der Waals surface area contributed by atoms with Gasteiger partial charge in [-0.25, -0.2) is 0 Å². The van der Waals surface area contributed by atoms with E-state index in [4.69, 9.17) is 14.0 Å². The molecule has 4 rings (SSSR count). The van der Waals surface area contributed by atoms with E-state index in [1.807, 2.05) is 12.1 Å². The van der Waals surface area contributed by atoms with Crippen LogP contribution in [0.3, 0.4) is 0 Å². The molecule has 0 bridgehead atoms. The van der Waals surface area contributed by atoms with Crippen LogP contribution in [0.1, 0.15) is 42.4 Å². The smallest absolute Gasteiger partial charge is 0.293 e. The molecule has 166 valence electrons. The van der Waals surface area contributed by atoms with Crippen molar-refractivity contribution in [2.75, 3.05) is 33.4 Å². The maximum Gasteiger partial charge on any atom is 0.293 e. The maximum absolute atomic E-state index is 13.3. The average Bonchev–Trinajstić information content (AvgIpc) is 3.26. The molecule has 0 radical (unpaired) electrons. The summed E-state index contributed by atoms with van der Waals surface area (Å²) in [6.45, 7) is 4.46. The minimum Gasteiger partial charge on any atom is -0.497 e. The summed E-state index contributed by atoms with van der Waals surface area (Å²) >= 11 is 0. The second-order valence-electron chi connectivity index (χ2n) is 8.63. The molecule has 31 heavy (non-hydrogen) atoms. The van der Waals surface area contributed by atoms with E-state index in [9.17, 15) is 14.7 Å². The Bertz CT molecular complexity index is 953. The number of fused-ring (bicyclic) bond motifs is 3. The van der Waals surface area contributed by atoms with Crippen LogP contribution in [0.4, 0.5) is 0 Å². The van der Waals surface area contributed by atoms with E-state index in [1.165, 1.54) is 12.3 Å². The molecular formula is C22H27N3O6. The summed E-state index contributed by atoms with van der Waals surface area (Å²) in [4.78, 5) is 29.5. The van der Waals surface area contributed by atoms with Crippen molar-refractivity contribution in [1.82, 2.24) is 15.0 Å². The highest BCUT2D eigenvalue weighted by Gasteiger charge is 2.42. The van der Waals surface area contributed by atoms with Gasteiger partial charge in [0.25, 0.3) is 5.91 Å². The van der Waals surface area contributed by atoms with E-state index in [2.05, 4.69) is 5.16 Å². The van der Waals surface area contributed by atoms with Crippen molar-refractivity contribution in [1.29, 1.82) is 0 Å². The van der Waals surface area contributed by atoms with Crippen molar-refractivity contribution in [2.45, 2.75) is 31.9 Å². The van der Waals surface area contributed by atoms with Gasteiger partial charge in [0.05, 0.1) is 31.6 Å². The molecule has 2 atom stereocenters. The molecule has 2 aliphatic rings. The number of carbonyl (C=O) groups is 2. The first kappa shape index (κ1) is 21.2. The van der Waals surface area contributed by atoms with Crippen LogP contribution in [-0.4, -0.2) is 70.8 Å². The molecule has 1 fully saturated rings. The number of carbonyl (C=O) groups excluding carboxylic acids is 2. The van der Waals surface area contributed by atoms with Crippen LogP contribution in [0.5, 0.6) is 11.5 Å². The SMILES string of the molecule is COc1ccc2c(c1)OC[C@@H]1CN(CC(C)(C)O)C(=O)CCN(C(=O)c3ccno3)[C@H]21. The Morgan fingerprint density at radius 1 is 1.35 bits per heavy atom. The molecule has 1 saturated heterocycles. The largest absolute Gasteiger partial charge is 0.497 e. The Morgan fingerprint density at radius 2 is 2.16 bits per heavy atom. The molecule has 2 aliphatic heterocycles. The molecule has 0 unspecified atom stereocenters. The second kappa shape index (κ2) is 8.22. The van der Waals surface area contributed by atoms with E-state index in [-0.39, 0.29) is 49.0 Å². The zero-order chi connectivity index (χ0) is 22.2. The van der Waals surface area contributed by atoms with Gasteiger partial charge >= 0.3 is 0 Å². The number of aromatic nitrogens is 1. The molecule has 3 heterocycles. The van der Waals surface area contributed by atoms with Crippen molar-refractivity contribution in [3.63, 3.8) is 0 Å². The summed E-state index contributed by atoms with van der Waals surface area (Å²) < 4.78 is 16.4. The maximum atomic E-state index is 13.3. The zero-order valence-corrected chi connectivity index (χ0v) is 17.9. The summed E-state index contributed by atoms with van der Waals surface area (Å²) in [6.07, 6.45) is 1.57. The van der Waals surface area contributed by atoms with Crippen LogP contribution in [0.25, 0.3) is 0 Å². The average molecular weight is 429 g/mol. The summed E-state index contributed by atoms with van der Waals surface area (Å²) in [6, 6.07) is 6.73. The highest BCUT2D eigenvalue weighted by atomic mass is 16.5. The number of hydrogen-bond acceptors (Lipinski definition) is 7. The van der Waals surface area contributed by atoms with Gasteiger partial charge in [0.15, 0.2) is 0 Å². The number of amides is 2. The Balaban J connectivity index is 1.74. The highest BCUT2D eigenvalue weighted by Crippen LogP contribution is 2.43. The van der Waals surface area contributed by atoms with E-state index < -0.39 is 5.60 Å².